The zero-order valence-electron chi connectivity index (χ0n) is 17.8. The smallest absolute Gasteiger partial charge is 0.251 e. The minimum Gasteiger partial charge on any atom is -0.497 e. The van der Waals surface area contributed by atoms with Gasteiger partial charge in [0, 0.05) is 34.5 Å². The van der Waals surface area contributed by atoms with Crippen LogP contribution in [0.2, 0.25) is 5.02 Å². The Kier molecular flexibility index (Phi) is 7.38. The zero-order valence-corrected chi connectivity index (χ0v) is 18.5. The number of halogens is 1. The van der Waals surface area contributed by atoms with Gasteiger partial charge in [-0.1, -0.05) is 17.7 Å². The summed E-state index contributed by atoms with van der Waals surface area (Å²) in [7, 11) is 3.14. The molecule has 2 aromatic carbocycles. The molecule has 0 aliphatic carbocycles. The van der Waals surface area contributed by atoms with Crippen LogP contribution in [0.15, 0.2) is 53.5 Å². The molecule has 1 atom stereocenters. The van der Waals surface area contributed by atoms with Gasteiger partial charge in [0.1, 0.15) is 11.5 Å². The summed E-state index contributed by atoms with van der Waals surface area (Å²) in [4.78, 5) is 13.0. The third-order valence-electron chi connectivity index (χ3n) is 5.09. The predicted octanol–water partition coefficient (Wildman–Crippen LogP) is 3.65. The number of hydrogen-bond acceptors (Lipinski definition) is 5. The van der Waals surface area contributed by atoms with Gasteiger partial charge in [0.25, 0.3) is 5.56 Å². The number of aromatic nitrogens is 1. The molecule has 0 radical (unpaired) electrons. The SMILES string of the molecule is COc1ccc(Cn2cc(CO)c(-c3cc(Cl)ccc3CC(C)O)cc2=O)c(OC)c1. The van der Waals surface area contributed by atoms with Crippen LogP contribution < -0.4 is 15.0 Å². The Labute approximate surface area is 186 Å². The van der Waals surface area contributed by atoms with Gasteiger partial charge in [0.2, 0.25) is 0 Å². The highest BCUT2D eigenvalue weighted by Gasteiger charge is 2.15. The quantitative estimate of drug-likeness (QED) is 0.555. The van der Waals surface area contributed by atoms with Gasteiger partial charge >= 0.3 is 0 Å². The van der Waals surface area contributed by atoms with Crippen molar-refractivity contribution in [3.8, 4) is 22.6 Å². The molecule has 3 rings (SSSR count). The number of methoxy groups -OCH3 is 2. The first-order chi connectivity index (χ1) is 14.9. The molecule has 3 aromatic rings. The molecule has 164 valence electrons. The summed E-state index contributed by atoms with van der Waals surface area (Å²) in [5.41, 5.74) is 3.34. The van der Waals surface area contributed by atoms with E-state index in [0.717, 1.165) is 16.7 Å². The van der Waals surface area contributed by atoms with Crippen molar-refractivity contribution in [3.63, 3.8) is 0 Å². The van der Waals surface area contributed by atoms with E-state index in [0.29, 0.717) is 34.1 Å². The van der Waals surface area contributed by atoms with Crippen LogP contribution in [0.4, 0.5) is 0 Å². The summed E-state index contributed by atoms with van der Waals surface area (Å²) in [5.74, 6) is 1.26. The lowest BCUT2D eigenvalue weighted by Crippen LogP contribution is -2.21. The van der Waals surface area contributed by atoms with Crippen molar-refractivity contribution in [2.45, 2.75) is 32.6 Å². The molecule has 2 N–H and O–H groups in total. The fourth-order valence-electron chi connectivity index (χ4n) is 3.58. The third-order valence-corrected chi connectivity index (χ3v) is 5.33. The van der Waals surface area contributed by atoms with Gasteiger partial charge in [-0.05, 0) is 54.3 Å². The van der Waals surface area contributed by atoms with Crippen molar-refractivity contribution in [2.75, 3.05) is 14.2 Å². The number of rotatable bonds is 8. The highest BCUT2D eigenvalue weighted by atomic mass is 35.5. The second-order valence-electron chi connectivity index (χ2n) is 7.37. The molecule has 0 bridgehead atoms. The summed E-state index contributed by atoms with van der Waals surface area (Å²) in [6.07, 6.45) is 1.50. The second kappa shape index (κ2) is 10.0. The maximum Gasteiger partial charge on any atom is 0.251 e. The van der Waals surface area contributed by atoms with Crippen LogP contribution >= 0.6 is 11.6 Å². The average molecular weight is 444 g/mol. The van der Waals surface area contributed by atoms with E-state index in [-0.39, 0.29) is 18.7 Å². The molecule has 0 saturated carbocycles. The highest BCUT2D eigenvalue weighted by Crippen LogP contribution is 2.31. The first-order valence-corrected chi connectivity index (χ1v) is 10.3. The fourth-order valence-corrected chi connectivity index (χ4v) is 3.75. The van der Waals surface area contributed by atoms with E-state index in [1.807, 2.05) is 12.1 Å². The number of ether oxygens (including phenoxy) is 2. The molecule has 0 aliphatic heterocycles. The van der Waals surface area contributed by atoms with Crippen molar-refractivity contribution >= 4 is 11.6 Å². The normalized spacial score (nSPS) is 11.9. The molecule has 0 fully saturated rings. The van der Waals surface area contributed by atoms with E-state index >= 15 is 0 Å². The molecule has 1 unspecified atom stereocenters. The van der Waals surface area contributed by atoms with Crippen LogP contribution in [0.5, 0.6) is 11.5 Å². The minimum atomic E-state index is -0.555. The Morgan fingerprint density at radius 3 is 2.35 bits per heavy atom. The summed E-state index contributed by atoms with van der Waals surface area (Å²) in [6, 6.07) is 12.2. The van der Waals surface area contributed by atoms with E-state index in [1.165, 1.54) is 10.6 Å². The van der Waals surface area contributed by atoms with Gasteiger partial charge < -0.3 is 24.3 Å². The van der Waals surface area contributed by atoms with Crippen molar-refractivity contribution in [1.29, 1.82) is 0 Å². The molecule has 0 spiro atoms. The van der Waals surface area contributed by atoms with Crippen LogP contribution in [0, 0.1) is 0 Å². The lowest BCUT2D eigenvalue weighted by molar-refractivity contribution is 0.195. The lowest BCUT2D eigenvalue weighted by Gasteiger charge is -2.17. The molecule has 31 heavy (non-hydrogen) atoms. The molecular formula is C24H26ClNO5. The van der Waals surface area contributed by atoms with Gasteiger partial charge in [-0.15, -0.1) is 0 Å². The van der Waals surface area contributed by atoms with Crippen molar-refractivity contribution in [3.05, 3.63) is 80.7 Å². The summed E-state index contributed by atoms with van der Waals surface area (Å²) >= 11 is 6.20. The summed E-state index contributed by atoms with van der Waals surface area (Å²) in [6.45, 7) is 1.72. The first-order valence-electron chi connectivity index (χ1n) is 9.88. The third kappa shape index (κ3) is 5.28. The number of benzene rings is 2. The monoisotopic (exact) mass is 443 g/mol. The number of aliphatic hydroxyl groups excluding tert-OH is 2. The van der Waals surface area contributed by atoms with Crippen molar-refractivity contribution < 1.29 is 19.7 Å². The van der Waals surface area contributed by atoms with Gasteiger partial charge in [-0.3, -0.25) is 4.79 Å². The lowest BCUT2D eigenvalue weighted by atomic mass is 9.94. The molecule has 0 aliphatic rings. The van der Waals surface area contributed by atoms with Crippen molar-refractivity contribution in [2.24, 2.45) is 0 Å². The van der Waals surface area contributed by atoms with Crippen LogP contribution in [-0.4, -0.2) is 35.1 Å². The Morgan fingerprint density at radius 2 is 1.71 bits per heavy atom. The van der Waals surface area contributed by atoms with E-state index in [4.69, 9.17) is 21.1 Å². The molecule has 1 heterocycles. The fraction of sp³-hybridized carbons (Fsp3) is 0.292. The topological polar surface area (TPSA) is 80.9 Å². The Hall–Kier alpha value is -2.80. The van der Waals surface area contributed by atoms with Crippen LogP contribution in [0.25, 0.3) is 11.1 Å². The molecule has 1 aromatic heterocycles. The molecule has 0 amide bonds. The van der Waals surface area contributed by atoms with E-state index in [2.05, 4.69) is 0 Å². The molecule has 7 heteroatoms. The second-order valence-corrected chi connectivity index (χ2v) is 7.81. The van der Waals surface area contributed by atoms with Gasteiger partial charge in [-0.25, -0.2) is 0 Å². The van der Waals surface area contributed by atoms with E-state index < -0.39 is 6.10 Å². The van der Waals surface area contributed by atoms with E-state index in [9.17, 15) is 15.0 Å². The van der Waals surface area contributed by atoms with Gasteiger partial charge in [0.15, 0.2) is 0 Å². The van der Waals surface area contributed by atoms with Gasteiger partial charge in [0.05, 0.1) is 33.5 Å². The number of nitrogens with zero attached hydrogens (tertiary/aromatic N) is 1. The van der Waals surface area contributed by atoms with Crippen LogP contribution in [0.1, 0.15) is 23.6 Å². The number of aliphatic hydroxyl groups is 2. The van der Waals surface area contributed by atoms with Crippen molar-refractivity contribution in [1.82, 2.24) is 4.57 Å². The molecular weight excluding hydrogens is 418 g/mol. The highest BCUT2D eigenvalue weighted by molar-refractivity contribution is 6.30. The Bertz CT molecular complexity index is 1120. The van der Waals surface area contributed by atoms with Crippen LogP contribution in [0.3, 0.4) is 0 Å². The maximum atomic E-state index is 13.0. The Balaban J connectivity index is 2.07. The van der Waals surface area contributed by atoms with Gasteiger partial charge in [-0.2, -0.15) is 0 Å². The summed E-state index contributed by atoms with van der Waals surface area (Å²) in [5, 5.41) is 20.4. The number of pyridine rings is 1. The predicted molar refractivity (Wildman–Crippen MR) is 121 cm³/mol. The molecule has 0 saturated heterocycles. The Morgan fingerprint density at radius 1 is 1.00 bits per heavy atom. The van der Waals surface area contributed by atoms with E-state index in [1.54, 1.807) is 51.6 Å². The first kappa shape index (κ1) is 22.9. The zero-order chi connectivity index (χ0) is 22.5. The number of hydrogen-bond donors (Lipinski definition) is 2. The minimum absolute atomic E-state index is 0.229. The average Bonchev–Trinajstić information content (AvgIpc) is 2.76. The summed E-state index contributed by atoms with van der Waals surface area (Å²) < 4.78 is 12.2. The largest absolute Gasteiger partial charge is 0.497 e. The van der Waals surface area contributed by atoms with Crippen LogP contribution in [-0.2, 0) is 19.6 Å². The standard InChI is InChI=1S/C24H26ClNO5/c1-15(28)8-16-4-6-19(25)9-21(16)22-11-24(29)26(13-18(22)14-27)12-17-5-7-20(30-2)10-23(17)31-3/h4-7,9-11,13,15,27-28H,8,12,14H2,1-3H3. The maximum absolute atomic E-state index is 13.0. The molecule has 6 nitrogen and oxygen atoms in total.